The van der Waals surface area contributed by atoms with E-state index in [1.807, 2.05) is 12.1 Å². The summed E-state index contributed by atoms with van der Waals surface area (Å²) >= 11 is 12.3. The Bertz CT molecular complexity index is 995. The maximum Gasteiger partial charge on any atom is 0.244 e. The van der Waals surface area contributed by atoms with E-state index in [0.29, 0.717) is 22.2 Å². The number of aryl methyl sites for hydroxylation is 1. The first kappa shape index (κ1) is 29.1. The minimum atomic E-state index is -0.265. The van der Waals surface area contributed by atoms with Crippen LogP contribution in [-0.2, 0) is 11.2 Å². The van der Waals surface area contributed by atoms with Crippen molar-refractivity contribution in [3.05, 3.63) is 63.6 Å². The highest BCUT2D eigenvalue weighted by Gasteiger charge is 2.21. The number of unbranched alkanes of at least 4 members (excludes halogenated alkanes) is 1. The third kappa shape index (κ3) is 9.77. The summed E-state index contributed by atoms with van der Waals surface area (Å²) in [5.74, 6) is 1.51. The first-order valence-corrected chi connectivity index (χ1v) is 13.1. The van der Waals surface area contributed by atoms with Gasteiger partial charge in [-0.25, -0.2) is 0 Å². The lowest BCUT2D eigenvalue weighted by atomic mass is 10.0. The summed E-state index contributed by atoms with van der Waals surface area (Å²) in [6.07, 6.45) is 7.54. The Morgan fingerprint density at radius 1 is 0.943 bits per heavy atom. The second-order valence-corrected chi connectivity index (χ2v) is 10.7. The molecular formula is C29H39Cl2NO3. The van der Waals surface area contributed by atoms with Crippen LogP contribution in [0.5, 0.6) is 11.5 Å². The Morgan fingerprint density at radius 3 is 2.20 bits per heavy atom. The van der Waals surface area contributed by atoms with Gasteiger partial charge in [-0.15, -0.1) is 0 Å². The van der Waals surface area contributed by atoms with Crippen molar-refractivity contribution in [3.63, 3.8) is 0 Å². The second-order valence-electron chi connectivity index (χ2n) is 9.92. The molecule has 0 radical (unpaired) electrons. The predicted molar refractivity (Wildman–Crippen MR) is 148 cm³/mol. The standard InChI is InChI=1S/C29H39Cl2NO3/c1-7-28(3,4)34-22-16-15-21(26(20-22)35-29(5,6)8-2)12-9-10-19-32-27(33)18-17-23-24(30)13-11-14-25(23)31/h11,13-18,20H,7-10,12,19H2,1-6H3,(H,32,33)/b18-17+. The molecule has 0 aliphatic carbocycles. The Balaban J connectivity index is 1.93. The van der Waals surface area contributed by atoms with Crippen molar-refractivity contribution in [2.24, 2.45) is 0 Å². The normalized spacial score (nSPS) is 12.1. The molecule has 0 spiro atoms. The van der Waals surface area contributed by atoms with Crippen molar-refractivity contribution in [2.75, 3.05) is 6.54 Å². The summed E-state index contributed by atoms with van der Waals surface area (Å²) in [6.45, 7) is 13.2. The van der Waals surface area contributed by atoms with E-state index < -0.39 is 0 Å². The van der Waals surface area contributed by atoms with Crippen molar-refractivity contribution < 1.29 is 14.3 Å². The second kappa shape index (κ2) is 13.2. The molecule has 4 nitrogen and oxygen atoms in total. The van der Waals surface area contributed by atoms with Crippen LogP contribution in [0.2, 0.25) is 10.0 Å². The zero-order valence-corrected chi connectivity index (χ0v) is 23.4. The molecule has 0 saturated carbocycles. The molecule has 1 amide bonds. The third-order valence-electron chi connectivity index (χ3n) is 6.10. The minimum absolute atomic E-state index is 0.172. The van der Waals surface area contributed by atoms with Crippen LogP contribution < -0.4 is 14.8 Å². The van der Waals surface area contributed by atoms with Crippen LogP contribution in [0.25, 0.3) is 6.08 Å². The average Bonchev–Trinajstić information content (AvgIpc) is 2.79. The zero-order chi connectivity index (χ0) is 26.1. The third-order valence-corrected chi connectivity index (χ3v) is 6.75. The van der Waals surface area contributed by atoms with Gasteiger partial charge in [0.05, 0.1) is 0 Å². The number of rotatable bonds is 13. The Morgan fingerprint density at radius 2 is 1.57 bits per heavy atom. The van der Waals surface area contributed by atoms with Gasteiger partial charge in [0, 0.05) is 34.3 Å². The van der Waals surface area contributed by atoms with Crippen LogP contribution >= 0.6 is 23.2 Å². The van der Waals surface area contributed by atoms with Crippen molar-refractivity contribution in [2.45, 2.75) is 84.8 Å². The molecule has 0 unspecified atom stereocenters. The molecule has 0 aliphatic heterocycles. The number of amides is 1. The highest BCUT2D eigenvalue weighted by Crippen LogP contribution is 2.32. The first-order chi connectivity index (χ1) is 16.5. The van der Waals surface area contributed by atoms with Gasteiger partial charge in [-0.2, -0.15) is 0 Å². The van der Waals surface area contributed by atoms with E-state index in [1.54, 1.807) is 24.3 Å². The van der Waals surface area contributed by atoms with Crippen LogP contribution in [0.1, 0.15) is 78.4 Å². The Kier molecular flexibility index (Phi) is 11.0. The molecule has 2 aromatic rings. The fourth-order valence-corrected chi connectivity index (χ4v) is 3.72. The number of hydrogen-bond acceptors (Lipinski definition) is 3. The van der Waals surface area contributed by atoms with Gasteiger partial charge in [0.25, 0.3) is 0 Å². The molecule has 0 heterocycles. The molecule has 0 saturated heterocycles. The summed E-state index contributed by atoms with van der Waals surface area (Å²) in [5, 5.41) is 3.95. The highest BCUT2D eigenvalue weighted by atomic mass is 35.5. The number of nitrogens with one attached hydrogen (secondary N) is 1. The van der Waals surface area contributed by atoms with Crippen molar-refractivity contribution in [1.82, 2.24) is 5.32 Å². The lowest BCUT2D eigenvalue weighted by Crippen LogP contribution is -2.28. The van der Waals surface area contributed by atoms with Crippen LogP contribution in [0.4, 0.5) is 0 Å². The van der Waals surface area contributed by atoms with E-state index in [2.05, 4.69) is 52.9 Å². The Hall–Kier alpha value is -2.17. The van der Waals surface area contributed by atoms with Crippen molar-refractivity contribution in [3.8, 4) is 11.5 Å². The van der Waals surface area contributed by atoms with E-state index in [4.69, 9.17) is 32.7 Å². The number of benzene rings is 2. The predicted octanol–water partition coefficient (Wildman–Crippen LogP) is 8.28. The molecule has 192 valence electrons. The molecule has 6 heteroatoms. The fraction of sp³-hybridized carbons (Fsp3) is 0.483. The van der Waals surface area contributed by atoms with Gasteiger partial charge in [0.2, 0.25) is 5.91 Å². The molecule has 0 fully saturated rings. The molecule has 1 N–H and O–H groups in total. The average molecular weight is 521 g/mol. The van der Waals surface area contributed by atoms with Gasteiger partial charge in [-0.05, 0) is 89.6 Å². The summed E-state index contributed by atoms with van der Waals surface area (Å²) in [5.41, 5.74) is 1.29. The Labute approximate surface area is 221 Å². The molecule has 35 heavy (non-hydrogen) atoms. The molecule has 0 aromatic heterocycles. The van der Waals surface area contributed by atoms with Gasteiger partial charge < -0.3 is 14.8 Å². The van der Waals surface area contributed by atoms with Crippen LogP contribution in [-0.4, -0.2) is 23.7 Å². The summed E-state index contributed by atoms with van der Waals surface area (Å²) < 4.78 is 12.6. The minimum Gasteiger partial charge on any atom is -0.488 e. The van der Waals surface area contributed by atoms with Crippen LogP contribution in [0.15, 0.2) is 42.5 Å². The van der Waals surface area contributed by atoms with E-state index in [0.717, 1.165) is 49.2 Å². The maximum absolute atomic E-state index is 12.2. The number of carbonyl (C=O) groups excluding carboxylic acids is 1. The highest BCUT2D eigenvalue weighted by molar-refractivity contribution is 6.37. The van der Waals surface area contributed by atoms with Gasteiger partial charge >= 0.3 is 0 Å². The van der Waals surface area contributed by atoms with E-state index in [9.17, 15) is 4.79 Å². The van der Waals surface area contributed by atoms with E-state index in [1.165, 1.54) is 6.08 Å². The molecule has 0 aliphatic rings. The topological polar surface area (TPSA) is 47.6 Å². The van der Waals surface area contributed by atoms with Gasteiger partial charge in [0.15, 0.2) is 0 Å². The summed E-state index contributed by atoms with van der Waals surface area (Å²) in [6, 6.07) is 11.4. The largest absolute Gasteiger partial charge is 0.488 e. The van der Waals surface area contributed by atoms with E-state index >= 15 is 0 Å². The monoisotopic (exact) mass is 519 g/mol. The lowest BCUT2D eigenvalue weighted by molar-refractivity contribution is -0.116. The number of carbonyl (C=O) groups is 1. The van der Waals surface area contributed by atoms with Crippen molar-refractivity contribution >= 4 is 35.2 Å². The van der Waals surface area contributed by atoms with E-state index in [-0.39, 0.29) is 17.1 Å². The van der Waals surface area contributed by atoms with Crippen LogP contribution in [0.3, 0.4) is 0 Å². The maximum atomic E-state index is 12.2. The van der Waals surface area contributed by atoms with Crippen LogP contribution in [0, 0.1) is 0 Å². The molecule has 2 aromatic carbocycles. The van der Waals surface area contributed by atoms with Gasteiger partial charge in [-0.3, -0.25) is 4.79 Å². The number of halogens is 2. The SMILES string of the molecule is CCC(C)(C)Oc1ccc(CCCCNC(=O)/C=C/c2c(Cl)cccc2Cl)c(OC(C)(C)CC)c1. The summed E-state index contributed by atoms with van der Waals surface area (Å²) in [4.78, 5) is 12.2. The molecule has 0 bridgehead atoms. The van der Waals surface area contributed by atoms with Crippen molar-refractivity contribution in [1.29, 1.82) is 0 Å². The molecular weight excluding hydrogens is 481 g/mol. The lowest BCUT2D eigenvalue weighted by Gasteiger charge is -2.29. The van der Waals surface area contributed by atoms with Gasteiger partial charge in [0.1, 0.15) is 22.7 Å². The quantitative estimate of drug-likeness (QED) is 0.214. The number of hydrogen-bond donors (Lipinski definition) is 1. The first-order valence-electron chi connectivity index (χ1n) is 12.4. The zero-order valence-electron chi connectivity index (χ0n) is 21.8. The smallest absolute Gasteiger partial charge is 0.244 e. The molecule has 2 rings (SSSR count). The van der Waals surface area contributed by atoms with Gasteiger partial charge in [-0.1, -0.05) is 49.2 Å². The summed E-state index contributed by atoms with van der Waals surface area (Å²) in [7, 11) is 0. The number of ether oxygens (including phenoxy) is 2. The fourth-order valence-electron chi connectivity index (χ4n) is 3.20. The molecule has 0 atom stereocenters.